The van der Waals surface area contributed by atoms with Crippen molar-refractivity contribution in [3.8, 4) is 0 Å². The first-order valence-corrected chi connectivity index (χ1v) is 6.83. The van der Waals surface area contributed by atoms with Gasteiger partial charge in [0.05, 0.1) is 0 Å². The van der Waals surface area contributed by atoms with Crippen LogP contribution in [-0.4, -0.2) is 36.9 Å². The van der Waals surface area contributed by atoms with Gasteiger partial charge in [-0.25, -0.2) is 0 Å². The lowest BCUT2D eigenvalue weighted by Gasteiger charge is -2.34. The highest BCUT2D eigenvalue weighted by Crippen LogP contribution is 2.19. The molecule has 5 nitrogen and oxygen atoms in total. The quantitative estimate of drug-likeness (QED) is 0.826. The third-order valence-corrected chi connectivity index (χ3v) is 3.94. The van der Waals surface area contributed by atoms with Crippen molar-refractivity contribution in [2.45, 2.75) is 13.5 Å². The Morgan fingerprint density at radius 2 is 1.95 bits per heavy atom. The molecule has 2 rings (SSSR count). The van der Waals surface area contributed by atoms with E-state index in [-0.39, 0.29) is 11.8 Å². The zero-order chi connectivity index (χ0) is 14.7. The van der Waals surface area contributed by atoms with Crippen molar-refractivity contribution in [1.29, 1.82) is 0 Å². The van der Waals surface area contributed by atoms with Crippen LogP contribution in [0.5, 0.6) is 0 Å². The fraction of sp³-hybridized carbons (Fsp3) is 0.467. The van der Waals surface area contributed by atoms with Crippen LogP contribution in [0, 0.1) is 11.8 Å². The van der Waals surface area contributed by atoms with Crippen LogP contribution < -0.4 is 11.1 Å². The van der Waals surface area contributed by atoms with Crippen molar-refractivity contribution in [2.75, 3.05) is 20.1 Å². The van der Waals surface area contributed by atoms with Gasteiger partial charge in [-0.3, -0.25) is 9.59 Å². The SMILES string of the molecule is CC(C(=O)N(C)Cc1ccc(C(N)=O)cc1)C1CNC1. The molecular weight excluding hydrogens is 254 g/mol. The minimum atomic E-state index is -0.438. The van der Waals surface area contributed by atoms with E-state index in [1.54, 1.807) is 17.0 Å². The summed E-state index contributed by atoms with van der Waals surface area (Å²) in [6, 6.07) is 7.05. The molecule has 1 fully saturated rings. The second kappa shape index (κ2) is 6.05. The summed E-state index contributed by atoms with van der Waals surface area (Å²) in [6.07, 6.45) is 0. The molecule has 1 aliphatic heterocycles. The van der Waals surface area contributed by atoms with E-state index < -0.39 is 5.91 Å². The van der Waals surface area contributed by atoms with Gasteiger partial charge in [0.25, 0.3) is 0 Å². The van der Waals surface area contributed by atoms with Gasteiger partial charge in [-0.1, -0.05) is 19.1 Å². The number of carbonyl (C=O) groups is 2. The fourth-order valence-electron chi connectivity index (χ4n) is 2.34. The summed E-state index contributed by atoms with van der Waals surface area (Å²) >= 11 is 0. The van der Waals surface area contributed by atoms with Crippen LogP contribution in [0.2, 0.25) is 0 Å². The predicted molar refractivity (Wildman–Crippen MR) is 77.0 cm³/mol. The third kappa shape index (κ3) is 3.17. The fourth-order valence-corrected chi connectivity index (χ4v) is 2.34. The molecule has 0 saturated carbocycles. The zero-order valence-electron chi connectivity index (χ0n) is 11.9. The van der Waals surface area contributed by atoms with Gasteiger partial charge >= 0.3 is 0 Å². The standard InChI is InChI=1S/C15H21N3O2/c1-10(13-7-17-8-13)15(20)18(2)9-11-3-5-12(6-4-11)14(16)19/h3-6,10,13,17H,7-9H2,1-2H3,(H2,16,19). The van der Waals surface area contributed by atoms with Crippen molar-refractivity contribution < 1.29 is 9.59 Å². The Bertz CT molecular complexity index is 494. The Labute approximate surface area is 119 Å². The van der Waals surface area contributed by atoms with Crippen molar-refractivity contribution in [2.24, 2.45) is 17.6 Å². The highest BCUT2D eigenvalue weighted by molar-refractivity contribution is 5.92. The van der Waals surface area contributed by atoms with E-state index in [2.05, 4.69) is 5.32 Å². The van der Waals surface area contributed by atoms with Gasteiger partial charge in [0.2, 0.25) is 11.8 Å². The molecule has 1 saturated heterocycles. The van der Waals surface area contributed by atoms with Crippen molar-refractivity contribution in [3.05, 3.63) is 35.4 Å². The third-order valence-electron chi connectivity index (χ3n) is 3.94. The molecule has 1 aliphatic rings. The average Bonchev–Trinajstić information content (AvgIpc) is 2.36. The average molecular weight is 275 g/mol. The molecular formula is C15H21N3O2. The Kier molecular flexibility index (Phi) is 4.39. The van der Waals surface area contributed by atoms with E-state index in [0.29, 0.717) is 18.0 Å². The van der Waals surface area contributed by atoms with Crippen LogP contribution in [0.25, 0.3) is 0 Å². The highest BCUT2D eigenvalue weighted by atomic mass is 16.2. The molecule has 0 aliphatic carbocycles. The monoisotopic (exact) mass is 275 g/mol. The number of hydrogen-bond donors (Lipinski definition) is 2. The Hall–Kier alpha value is -1.88. The van der Waals surface area contributed by atoms with Gasteiger partial charge < -0.3 is 16.0 Å². The zero-order valence-corrected chi connectivity index (χ0v) is 11.9. The second-order valence-corrected chi connectivity index (χ2v) is 5.46. The maximum atomic E-state index is 12.3. The van der Waals surface area contributed by atoms with Crippen LogP contribution in [0.3, 0.4) is 0 Å². The van der Waals surface area contributed by atoms with Crippen molar-refractivity contribution >= 4 is 11.8 Å². The lowest BCUT2D eigenvalue weighted by molar-refractivity contribution is -0.136. The number of amides is 2. The Morgan fingerprint density at radius 3 is 2.40 bits per heavy atom. The van der Waals surface area contributed by atoms with Crippen LogP contribution in [0.1, 0.15) is 22.8 Å². The molecule has 1 aromatic rings. The van der Waals surface area contributed by atoms with E-state index in [1.807, 2.05) is 26.1 Å². The minimum Gasteiger partial charge on any atom is -0.366 e. The number of rotatable bonds is 5. The van der Waals surface area contributed by atoms with Crippen molar-refractivity contribution in [3.63, 3.8) is 0 Å². The first kappa shape index (κ1) is 14.5. The summed E-state index contributed by atoms with van der Waals surface area (Å²) in [6.45, 7) is 4.38. The lowest BCUT2D eigenvalue weighted by atomic mass is 9.88. The Morgan fingerprint density at radius 1 is 1.35 bits per heavy atom. The summed E-state index contributed by atoms with van der Waals surface area (Å²) in [5, 5.41) is 3.19. The highest BCUT2D eigenvalue weighted by Gasteiger charge is 2.30. The van der Waals surface area contributed by atoms with Gasteiger partial charge in [0.1, 0.15) is 0 Å². The first-order chi connectivity index (χ1) is 9.49. The normalized spacial score (nSPS) is 16.3. The molecule has 20 heavy (non-hydrogen) atoms. The summed E-state index contributed by atoms with van der Waals surface area (Å²) in [4.78, 5) is 25.0. The number of nitrogens with zero attached hydrogens (tertiary/aromatic N) is 1. The molecule has 1 heterocycles. The largest absolute Gasteiger partial charge is 0.366 e. The van der Waals surface area contributed by atoms with Crippen LogP contribution in [-0.2, 0) is 11.3 Å². The van der Waals surface area contributed by atoms with E-state index in [1.165, 1.54) is 0 Å². The van der Waals surface area contributed by atoms with Crippen LogP contribution in [0.4, 0.5) is 0 Å². The maximum Gasteiger partial charge on any atom is 0.248 e. The lowest BCUT2D eigenvalue weighted by Crippen LogP contribution is -2.49. The van der Waals surface area contributed by atoms with E-state index in [4.69, 9.17) is 5.73 Å². The van der Waals surface area contributed by atoms with Crippen molar-refractivity contribution in [1.82, 2.24) is 10.2 Å². The number of nitrogens with two attached hydrogens (primary N) is 1. The number of primary amides is 1. The first-order valence-electron chi connectivity index (χ1n) is 6.83. The summed E-state index contributed by atoms with van der Waals surface area (Å²) in [7, 11) is 1.81. The topological polar surface area (TPSA) is 75.4 Å². The molecule has 3 N–H and O–H groups in total. The second-order valence-electron chi connectivity index (χ2n) is 5.46. The summed E-state index contributed by atoms with van der Waals surface area (Å²) < 4.78 is 0. The molecule has 1 aromatic carbocycles. The van der Waals surface area contributed by atoms with E-state index in [0.717, 1.165) is 18.7 Å². The summed E-state index contributed by atoms with van der Waals surface area (Å²) in [5.74, 6) is 0.218. The number of carbonyl (C=O) groups excluding carboxylic acids is 2. The van der Waals surface area contributed by atoms with E-state index in [9.17, 15) is 9.59 Å². The predicted octanol–water partition coefficient (Wildman–Crippen LogP) is 0.599. The molecule has 5 heteroatoms. The molecule has 0 spiro atoms. The van der Waals surface area contributed by atoms with Gasteiger partial charge in [-0.2, -0.15) is 0 Å². The molecule has 0 radical (unpaired) electrons. The molecule has 1 atom stereocenters. The molecule has 0 bridgehead atoms. The van der Waals surface area contributed by atoms with Gasteiger partial charge in [-0.15, -0.1) is 0 Å². The molecule has 108 valence electrons. The smallest absolute Gasteiger partial charge is 0.248 e. The maximum absolute atomic E-state index is 12.3. The van der Waals surface area contributed by atoms with Gasteiger partial charge in [-0.05, 0) is 36.7 Å². The molecule has 1 unspecified atom stereocenters. The number of hydrogen-bond acceptors (Lipinski definition) is 3. The molecule has 0 aromatic heterocycles. The molecule has 2 amide bonds. The van der Waals surface area contributed by atoms with E-state index >= 15 is 0 Å². The minimum absolute atomic E-state index is 0.0474. The van der Waals surface area contributed by atoms with Crippen LogP contribution in [0.15, 0.2) is 24.3 Å². The van der Waals surface area contributed by atoms with Crippen LogP contribution >= 0.6 is 0 Å². The number of nitrogens with one attached hydrogen (secondary N) is 1. The summed E-state index contributed by atoms with van der Waals surface area (Å²) in [5.41, 5.74) is 6.67. The Balaban J connectivity index is 1.94. The number of benzene rings is 1. The van der Waals surface area contributed by atoms with Gasteiger partial charge in [0, 0.05) is 25.1 Å². The van der Waals surface area contributed by atoms with Gasteiger partial charge in [0.15, 0.2) is 0 Å².